The van der Waals surface area contributed by atoms with E-state index in [-0.39, 0.29) is 28.7 Å². The van der Waals surface area contributed by atoms with Gasteiger partial charge in [-0.25, -0.2) is 0 Å². The van der Waals surface area contributed by atoms with Crippen LogP contribution >= 0.6 is 23.2 Å². The molecule has 0 spiro atoms. The number of hydrogen-bond acceptors (Lipinski definition) is 4. The summed E-state index contributed by atoms with van der Waals surface area (Å²) in [6, 6.07) is 8.15. The van der Waals surface area contributed by atoms with E-state index in [1.54, 1.807) is 24.3 Å². The van der Waals surface area contributed by atoms with Crippen LogP contribution in [-0.2, 0) is 6.54 Å². The molecule has 0 fully saturated rings. The second kappa shape index (κ2) is 4.85. The minimum absolute atomic E-state index is 0.0143. The first-order chi connectivity index (χ1) is 9.58. The lowest BCUT2D eigenvalue weighted by Gasteiger charge is -2.14. The molecule has 1 aliphatic rings. The molecule has 2 amide bonds. The number of carbonyl (C=O) groups is 2. The number of rotatable bonds is 2. The fourth-order valence-electron chi connectivity index (χ4n) is 2.05. The Balaban J connectivity index is 1.96. The second-order valence-corrected chi connectivity index (χ2v) is 4.97. The summed E-state index contributed by atoms with van der Waals surface area (Å²) >= 11 is 11.6. The number of carbonyl (C=O) groups excluding carboxylic acids is 2. The number of benzene rings is 1. The van der Waals surface area contributed by atoms with Gasteiger partial charge in [-0.3, -0.25) is 14.5 Å². The van der Waals surface area contributed by atoms with Crippen molar-refractivity contribution in [2.24, 2.45) is 0 Å². The van der Waals surface area contributed by atoms with Gasteiger partial charge in [0.15, 0.2) is 10.3 Å². The summed E-state index contributed by atoms with van der Waals surface area (Å²) in [7, 11) is 0. The molecule has 7 heteroatoms. The van der Waals surface area contributed by atoms with Crippen LogP contribution in [0.25, 0.3) is 0 Å². The van der Waals surface area contributed by atoms with Crippen molar-refractivity contribution in [2.75, 3.05) is 0 Å². The Hall–Kier alpha value is -1.98. The number of aromatic nitrogens is 2. The molecule has 0 atom stereocenters. The molecule has 5 nitrogen and oxygen atoms in total. The van der Waals surface area contributed by atoms with Gasteiger partial charge in [-0.15, -0.1) is 10.2 Å². The molecule has 100 valence electrons. The minimum atomic E-state index is -0.352. The molecule has 0 bridgehead atoms. The highest BCUT2D eigenvalue weighted by Crippen LogP contribution is 2.26. The van der Waals surface area contributed by atoms with E-state index in [1.807, 2.05) is 0 Å². The zero-order valence-corrected chi connectivity index (χ0v) is 11.5. The van der Waals surface area contributed by atoms with Gasteiger partial charge in [-0.1, -0.05) is 35.3 Å². The molecule has 0 saturated carbocycles. The summed E-state index contributed by atoms with van der Waals surface area (Å²) in [5, 5.41) is 7.51. The molecule has 1 aliphatic heterocycles. The first-order valence-corrected chi connectivity index (χ1v) is 6.46. The molecule has 0 N–H and O–H groups in total. The van der Waals surface area contributed by atoms with Crippen LogP contribution < -0.4 is 0 Å². The van der Waals surface area contributed by atoms with E-state index in [9.17, 15) is 9.59 Å². The lowest BCUT2D eigenvalue weighted by molar-refractivity contribution is 0.0642. The predicted molar refractivity (Wildman–Crippen MR) is 72.7 cm³/mol. The fourth-order valence-corrected chi connectivity index (χ4v) is 2.37. The van der Waals surface area contributed by atoms with Crippen molar-refractivity contribution >= 4 is 35.0 Å². The Labute approximate surface area is 124 Å². The van der Waals surface area contributed by atoms with Crippen molar-refractivity contribution in [3.8, 4) is 0 Å². The summed E-state index contributed by atoms with van der Waals surface area (Å²) < 4.78 is 0. The predicted octanol–water partition coefficient (Wildman–Crippen LogP) is 2.58. The third kappa shape index (κ3) is 2.05. The lowest BCUT2D eigenvalue weighted by atomic mass is 10.1. The van der Waals surface area contributed by atoms with Crippen LogP contribution in [0.4, 0.5) is 0 Å². The molecule has 20 heavy (non-hydrogen) atoms. The van der Waals surface area contributed by atoms with Crippen molar-refractivity contribution in [3.63, 3.8) is 0 Å². The highest BCUT2D eigenvalue weighted by atomic mass is 35.5. The van der Waals surface area contributed by atoms with Gasteiger partial charge in [-0.2, -0.15) is 0 Å². The number of imide groups is 1. The number of hydrogen-bond donors (Lipinski definition) is 0. The molecule has 2 aromatic rings. The van der Waals surface area contributed by atoms with E-state index in [0.717, 1.165) is 4.90 Å². The molecule has 2 heterocycles. The maximum absolute atomic E-state index is 12.2. The average molecular weight is 308 g/mol. The topological polar surface area (TPSA) is 63.2 Å². The summed E-state index contributed by atoms with van der Waals surface area (Å²) in [4.78, 5) is 25.5. The summed E-state index contributed by atoms with van der Waals surface area (Å²) in [5.41, 5.74) is 1.25. The van der Waals surface area contributed by atoms with Crippen LogP contribution in [0.5, 0.6) is 0 Å². The third-order valence-corrected chi connectivity index (χ3v) is 3.50. The molecule has 0 saturated heterocycles. The van der Waals surface area contributed by atoms with E-state index in [2.05, 4.69) is 10.2 Å². The van der Waals surface area contributed by atoms with Gasteiger partial charge in [0.25, 0.3) is 11.8 Å². The van der Waals surface area contributed by atoms with E-state index < -0.39 is 0 Å². The van der Waals surface area contributed by atoms with Crippen molar-refractivity contribution in [1.29, 1.82) is 0 Å². The maximum atomic E-state index is 12.2. The average Bonchev–Trinajstić information content (AvgIpc) is 2.68. The Kier molecular flexibility index (Phi) is 3.16. The SMILES string of the molecule is O=C1c2ccccc2C(=O)N1Cc1cc(Cl)nnc1Cl. The minimum Gasteiger partial charge on any atom is -0.270 e. The van der Waals surface area contributed by atoms with Gasteiger partial charge < -0.3 is 0 Å². The largest absolute Gasteiger partial charge is 0.270 e. The molecular weight excluding hydrogens is 301 g/mol. The normalized spacial score (nSPS) is 13.8. The number of amides is 2. The molecule has 1 aromatic heterocycles. The standard InChI is InChI=1S/C13H7Cl2N3O2/c14-10-5-7(11(15)17-16-10)6-18-12(19)8-3-1-2-4-9(8)13(18)20/h1-5H,6H2. The first kappa shape index (κ1) is 13.0. The molecule has 0 unspecified atom stereocenters. The molecule has 1 aromatic carbocycles. The van der Waals surface area contributed by atoms with Crippen LogP contribution in [0.2, 0.25) is 10.3 Å². The van der Waals surface area contributed by atoms with Gasteiger partial charge in [0.1, 0.15) is 0 Å². The van der Waals surface area contributed by atoms with Crippen LogP contribution in [0.15, 0.2) is 30.3 Å². The first-order valence-electron chi connectivity index (χ1n) is 5.71. The summed E-state index contributed by atoms with van der Waals surface area (Å²) in [5.74, 6) is -0.704. The zero-order chi connectivity index (χ0) is 14.3. The molecule has 0 radical (unpaired) electrons. The lowest BCUT2D eigenvalue weighted by Crippen LogP contribution is -2.29. The van der Waals surface area contributed by atoms with Gasteiger partial charge in [-0.05, 0) is 18.2 Å². The van der Waals surface area contributed by atoms with Crippen LogP contribution in [0.3, 0.4) is 0 Å². The quantitative estimate of drug-likeness (QED) is 0.800. The van der Waals surface area contributed by atoms with E-state index in [4.69, 9.17) is 23.2 Å². The van der Waals surface area contributed by atoms with Crippen LogP contribution in [0.1, 0.15) is 26.3 Å². The van der Waals surface area contributed by atoms with E-state index in [1.165, 1.54) is 6.07 Å². The van der Waals surface area contributed by atoms with Crippen LogP contribution in [-0.4, -0.2) is 26.9 Å². The molecule has 0 aliphatic carbocycles. The number of halogens is 2. The summed E-state index contributed by atoms with van der Waals surface area (Å²) in [6.45, 7) is 0.0143. The van der Waals surface area contributed by atoms with E-state index in [0.29, 0.717) is 16.7 Å². The van der Waals surface area contributed by atoms with Crippen molar-refractivity contribution < 1.29 is 9.59 Å². The Bertz CT molecular complexity index is 698. The zero-order valence-electron chi connectivity index (χ0n) is 10.0. The van der Waals surface area contributed by atoms with Crippen molar-refractivity contribution in [1.82, 2.24) is 15.1 Å². The maximum Gasteiger partial charge on any atom is 0.261 e. The van der Waals surface area contributed by atoms with Crippen LogP contribution in [0, 0.1) is 0 Å². The fraction of sp³-hybridized carbons (Fsp3) is 0.0769. The highest BCUT2D eigenvalue weighted by molar-refractivity contribution is 6.31. The summed E-state index contributed by atoms with van der Waals surface area (Å²) in [6.07, 6.45) is 0. The second-order valence-electron chi connectivity index (χ2n) is 4.23. The van der Waals surface area contributed by atoms with Gasteiger partial charge >= 0.3 is 0 Å². The van der Waals surface area contributed by atoms with Gasteiger partial charge in [0.05, 0.1) is 17.7 Å². The Morgan fingerprint density at radius 1 is 1.00 bits per heavy atom. The van der Waals surface area contributed by atoms with Gasteiger partial charge in [0, 0.05) is 5.56 Å². The number of nitrogens with zero attached hydrogens (tertiary/aromatic N) is 3. The number of fused-ring (bicyclic) bond motifs is 1. The van der Waals surface area contributed by atoms with Crippen molar-refractivity contribution in [2.45, 2.75) is 6.54 Å². The molecule has 3 rings (SSSR count). The highest BCUT2D eigenvalue weighted by Gasteiger charge is 2.35. The Morgan fingerprint density at radius 2 is 1.60 bits per heavy atom. The smallest absolute Gasteiger partial charge is 0.261 e. The Morgan fingerprint density at radius 3 is 2.20 bits per heavy atom. The van der Waals surface area contributed by atoms with Gasteiger partial charge in [0.2, 0.25) is 0 Å². The monoisotopic (exact) mass is 307 g/mol. The van der Waals surface area contributed by atoms with E-state index >= 15 is 0 Å². The third-order valence-electron chi connectivity index (χ3n) is 3.00. The molecular formula is C13H7Cl2N3O2. The van der Waals surface area contributed by atoms with Crippen molar-refractivity contribution in [3.05, 3.63) is 57.3 Å².